The number of hydrogen-bond acceptors (Lipinski definition) is 2. The molecular weight excluding hydrogens is 296 g/mol. The predicted octanol–water partition coefficient (Wildman–Crippen LogP) is 4.35. The van der Waals surface area contributed by atoms with Crippen LogP contribution >= 0.6 is 0 Å². The van der Waals surface area contributed by atoms with Crippen molar-refractivity contribution in [2.24, 2.45) is 0 Å². The minimum Gasteiger partial charge on any atom is -0.484 e. The van der Waals surface area contributed by atoms with E-state index in [4.69, 9.17) is 4.74 Å². The van der Waals surface area contributed by atoms with Gasteiger partial charge in [-0.05, 0) is 24.3 Å². The molecule has 0 amide bonds. The molecule has 0 aliphatic heterocycles. The summed E-state index contributed by atoms with van der Waals surface area (Å²) in [5.41, 5.74) is 2.35. The second-order valence-electron chi connectivity index (χ2n) is 5.19. The number of rotatable bonds is 4. The van der Waals surface area contributed by atoms with E-state index < -0.39 is 0 Å². The number of ketones is 1. The Hall–Kier alpha value is -3.31. The van der Waals surface area contributed by atoms with Gasteiger partial charge in [-0.3, -0.25) is 4.79 Å². The van der Waals surface area contributed by atoms with Crippen LogP contribution in [0.4, 0.5) is 0 Å². The highest BCUT2D eigenvalue weighted by atomic mass is 16.5. The van der Waals surface area contributed by atoms with E-state index >= 15 is 0 Å². The Labute approximate surface area is 141 Å². The highest BCUT2D eigenvalue weighted by Crippen LogP contribution is 2.17. The lowest BCUT2D eigenvalue weighted by molar-refractivity contribution is 0.0921. The Kier molecular flexibility index (Phi) is 5.07. The summed E-state index contributed by atoms with van der Waals surface area (Å²) >= 11 is 0. The second-order valence-corrected chi connectivity index (χ2v) is 5.19. The molecule has 0 aliphatic carbocycles. The van der Waals surface area contributed by atoms with Gasteiger partial charge in [0.1, 0.15) is 5.75 Å². The average molecular weight is 312 g/mol. The molecule has 3 aromatic carbocycles. The quantitative estimate of drug-likeness (QED) is 0.529. The Morgan fingerprint density at radius 3 is 2.12 bits per heavy atom. The van der Waals surface area contributed by atoms with Crippen LogP contribution in [-0.2, 0) is 0 Å². The van der Waals surface area contributed by atoms with Gasteiger partial charge in [0.15, 0.2) is 12.4 Å². The van der Waals surface area contributed by atoms with Crippen molar-refractivity contribution in [3.8, 4) is 17.6 Å². The van der Waals surface area contributed by atoms with Gasteiger partial charge in [-0.2, -0.15) is 0 Å². The molecule has 0 radical (unpaired) electrons. The molecule has 0 atom stereocenters. The summed E-state index contributed by atoms with van der Waals surface area (Å²) in [6, 6.07) is 26.4. The molecule has 0 N–H and O–H groups in total. The van der Waals surface area contributed by atoms with Crippen LogP contribution in [0.15, 0.2) is 84.9 Å². The molecule has 2 nitrogen and oxygen atoms in total. The zero-order valence-corrected chi connectivity index (χ0v) is 13.1. The first-order valence-corrected chi connectivity index (χ1v) is 7.70. The SMILES string of the molecule is O=C(COc1ccccc1C#Cc1ccccc1)c1ccccc1. The molecule has 3 rings (SSSR count). The van der Waals surface area contributed by atoms with Gasteiger partial charge in [-0.1, -0.05) is 72.5 Å². The maximum Gasteiger partial charge on any atom is 0.200 e. The Balaban J connectivity index is 1.73. The van der Waals surface area contributed by atoms with E-state index in [1.807, 2.05) is 72.8 Å². The maximum absolute atomic E-state index is 12.1. The van der Waals surface area contributed by atoms with E-state index in [-0.39, 0.29) is 12.4 Å². The monoisotopic (exact) mass is 312 g/mol. The molecule has 24 heavy (non-hydrogen) atoms. The third kappa shape index (κ3) is 4.12. The molecule has 0 spiro atoms. The molecule has 0 fully saturated rings. The van der Waals surface area contributed by atoms with Crippen LogP contribution in [-0.4, -0.2) is 12.4 Å². The summed E-state index contributed by atoms with van der Waals surface area (Å²) in [5.74, 6) is 6.77. The van der Waals surface area contributed by atoms with Crippen LogP contribution < -0.4 is 4.74 Å². The van der Waals surface area contributed by atoms with Crippen LogP contribution in [0.25, 0.3) is 0 Å². The molecule has 3 aromatic rings. The van der Waals surface area contributed by atoms with Gasteiger partial charge in [-0.25, -0.2) is 0 Å². The predicted molar refractivity (Wildman–Crippen MR) is 95.1 cm³/mol. The van der Waals surface area contributed by atoms with Crippen molar-refractivity contribution in [2.75, 3.05) is 6.61 Å². The molecule has 0 aromatic heterocycles. The first-order valence-electron chi connectivity index (χ1n) is 7.70. The van der Waals surface area contributed by atoms with E-state index in [1.54, 1.807) is 12.1 Å². The molecular formula is C22H16O2. The van der Waals surface area contributed by atoms with Gasteiger partial charge in [0, 0.05) is 11.1 Å². The van der Waals surface area contributed by atoms with Gasteiger partial charge in [0.25, 0.3) is 0 Å². The normalized spacial score (nSPS) is 9.67. The van der Waals surface area contributed by atoms with E-state index in [9.17, 15) is 4.79 Å². The van der Waals surface area contributed by atoms with Gasteiger partial charge in [0.05, 0.1) is 5.56 Å². The van der Waals surface area contributed by atoms with Gasteiger partial charge < -0.3 is 4.74 Å². The van der Waals surface area contributed by atoms with E-state index in [2.05, 4.69) is 11.8 Å². The zero-order valence-electron chi connectivity index (χ0n) is 13.1. The minimum atomic E-state index is -0.0542. The number of ether oxygens (including phenoxy) is 1. The van der Waals surface area contributed by atoms with Crippen LogP contribution in [0, 0.1) is 11.8 Å². The van der Waals surface area contributed by atoms with Crippen molar-refractivity contribution in [2.45, 2.75) is 0 Å². The smallest absolute Gasteiger partial charge is 0.200 e. The highest BCUT2D eigenvalue weighted by Gasteiger charge is 2.07. The number of carbonyl (C=O) groups excluding carboxylic acids is 1. The van der Waals surface area contributed by atoms with E-state index in [0.717, 1.165) is 11.1 Å². The number of carbonyl (C=O) groups is 1. The molecule has 0 unspecified atom stereocenters. The molecule has 0 heterocycles. The van der Waals surface area contributed by atoms with Crippen LogP contribution in [0.2, 0.25) is 0 Å². The summed E-state index contributed by atoms with van der Waals surface area (Å²) in [6.07, 6.45) is 0. The summed E-state index contributed by atoms with van der Waals surface area (Å²) < 4.78 is 5.69. The van der Waals surface area contributed by atoms with Crippen LogP contribution in [0.3, 0.4) is 0 Å². The van der Waals surface area contributed by atoms with Crippen molar-refractivity contribution in [3.63, 3.8) is 0 Å². The van der Waals surface area contributed by atoms with Crippen LogP contribution in [0.5, 0.6) is 5.75 Å². The molecule has 0 bridgehead atoms. The number of benzene rings is 3. The highest BCUT2D eigenvalue weighted by molar-refractivity contribution is 5.97. The minimum absolute atomic E-state index is 0.00591. The van der Waals surface area contributed by atoms with Gasteiger partial charge in [-0.15, -0.1) is 0 Å². The van der Waals surface area contributed by atoms with Crippen molar-refractivity contribution in [1.82, 2.24) is 0 Å². The second kappa shape index (κ2) is 7.80. The lowest BCUT2D eigenvalue weighted by atomic mass is 10.1. The molecule has 0 saturated heterocycles. The van der Waals surface area contributed by atoms with E-state index in [1.165, 1.54) is 0 Å². The first-order chi connectivity index (χ1) is 11.8. The number of hydrogen-bond donors (Lipinski definition) is 0. The van der Waals surface area contributed by atoms with Crippen molar-refractivity contribution < 1.29 is 9.53 Å². The van der Waals surface area contributed by atoms with Crippen molar-refractivity contribution in [3.05, 3.63) is 102 Å². The topological polar surface area (TPSA) is 26.3 Å². The third-order valence-electron chi connectivity index (χ3n) is 3.46. The van der Waals surface area contributed by atoms with Gasteiger partial charge >= 0.3 is 0 Å². The fourth-order valence-electron chi connectivity index (χ4n) is 2.21. The molecule has 2 heteroatoms. The summed E-state index contributed by atoms with van der Waals surface area (Å²) in [6.45, 7) is -0.00591. The van der Waals surface area contributed by atoms with Crippen molar-refractivity contribution >= 4 is 5.78 Å². The first kappa shape index (κ1) is 15.6. The largest absolute Gasteiger partial charge is 0.484 e. The zero-order chi connectivity index (χ0) is 16.6. The molecule has 0 saturated carbocycles. The third-order valence-corrected chi connectivity index (χ3v) is 3.46. The van der Waals surface area contributed by atoms with Gasteiger partial charge in [0.2, 0.25) is 0 Å². The summed E-state index contributed by atoms with van der Waals surface area (Å²) in [4.78, 5) is 12.1. The Morgan fingerprint density at radius 2 is 1.38 bits per heavy atom. The van der Waals surface area contributed by atoms with Crippen molar-refractivity contribution in [1.29, 1.82) is 0 Å². The maximum atomic E-state index is 12.1. The number of para-hydroxylation sites is 1. The average Bonchev–Trinajstić information content (AvgIpc) is 2.66. The number of Topliss-reactive ketones (excluding diaryl/α,β-unsaturated/α-hetero) is 1. The fourth-order valence-corrected chi connectivity index (χ4v) is 2.21. The summed E-state index contributed by atoms with van der Waals surface area (Å²) in [7, 11) is 0. The Morgan fingerprint density at radius 1 is 0.750 bits per heavy atom. The lowest BCUT2D eigenvalue weighted by Crippen LogP contribution is -2.11. The molecule has 0 aliphatic rings. The molecule has 116 valence electrons. The summed E-state index contributed by atoms with van der Waals surface area (Å²) in [5, 5.41) is 0. The fraction of sp³-hybridized carbons (Fsp3) is 0.0455. The standard InChI is InChI=1S/C22H16O2/c23-21(19-11-5-2-6-12-19)17-24-22-14-8-7-13-20(22)16-15-18-9-3-1-4-10-18/h1-14H,17H2. The lowest BCUT2D eigenvalue weighted by Gasteiger charge is -2.07. The van der Waals surface area contributed by atoms with E-state index in [0.29, 0.717) is 11.3 Å². The van der Waals surface area contributed by atoms with Crippen LogP contribution in [0.1, 0.15) is 21.5 Å². The Bertz CT molecular complexity index is 872.